The number of fused-ring (bicyclic) bond motifs is 4. The predicted molar refractivity (Wildman–Crippen MR) is 123 cm³/mol. The van der Waals surface area contributed by atoms with E-state index in [0.717, 1.165) is 16.7 Å². The van der Waals surface area contributed by atoms with Crippen molar-refractivity contribution in [2.75, 3.05) is 0 Å². The van der Waals surface area contributed by atoms with Crippen LogP contribution in [0, 0.1) is 35.0 Å². The fraction of sp³-hybridized carbons (Fsp3) is 0.786. The highest BCUT2D eigenvalue weighted by atomic mass is 19.4. The summed E-state index contributed by atoms with van der Waals surface area (Å²) >= 11 is 0. The number of Topliss-reactive ketones (excluding diaryl/α,β-unsaturated/α-hetero) is 1. The molecule has 0 spiro atoms. The maximum absolute atomic E-state index is 15.0. The minimum Gasteiger partial charge on any atom is -0.383 e. The van der Waals surface area contributed by atoms with Crippen LogP contribution < -0.4 is 0 Å². The summed E-state index contributed by atoms with van der Waals surface area (Å²) in [5.74, 6) is -5.84. The van der Waals surface area contributed by atoms with Crippen molar-refractivity contribution in [2.45, 2.75) is 102 Å². The molecule has 0 aliphatic heterocycles. The van der Waals surface area contributed by atoms with Crippen LogP contribution in [0.15, 0.2) is 22.8 Å². The number of halogens is 5. The maximum Gasteiger partial charge on any atom is 0.456 e. The Kier molecular flexibility index (Phi) is 6.13. The first-order chi connectivity index (χ1) is 16.7. The minimum atomic E-state index is -5.83. The molecule has 5 rings (SSSR count). The molecule has 8 heteroatoms. The number of aliphatic hydroxyl groups is 1. The van der Waals surface area contributed by atoms with Crippen LogP contribution in [0.25, 0.3) is 0 Å². The Bertz CT molecular complexity index is 1020. The van der Waals surface area contributed by atoms with Gasteiger partial charge in [0.2, 0.25) is 0 Å². The van der Waals surface area contributed by atoms with Gasteiger partial charge in [0, 0.05) is 17.8 Å². The molecule has 0 aromatic carbocycles. The van der Waals surface area contributed by atoms with Crippen LogP contribution in [0.5, 0.6) is 0 Å². The molecule has 0 aromatic rings. The van der Waals surface area contributed by atoms with Crippen molar-refractivity contribution in [3.63, 3.8) is 0 Å². The normalized spacial score (nSPS) is 41.4. The van der Waals surface area contributed by atoms with E-state index in [2.05, 4.69) is 0 Å². The zero-order valence-corrected chi connectivity index (χ0v) is 20.9. The van der Waals surface area contributed by atoms with E-state index >= 15 is 8.78 Å². The fourth-order valence-electron chi connectivity index (χ4n) is 8.83. The van der Waals surface area contributed by atoms with Gasteiger partial charge in [-0.05, 0) is 112 Å². The highest BCUT2D eigenvalue weighted by Gasteiger charge is 2.79. The Morgan fingerprint density at radius 2 is 1.64 bits per heavy atom. The zero-order chi connectivity index (χ0) is 26.3. The molecule has 36 heavy (non-hydrogen) atoms. The van der Waals surface area contributed by atoms with E-state index < -0.39 is 35.5 Å². The quantitative estimate of drug-likeness (QED) is 0.424. The molecule has 3 nitrogen and oxygen atoms in total. The lowest BCUT2D eigenvalue weighted by atomic mass is 9.49. The van der Waals surface area contributed by atoms with Crippen molar-refractivity contribution in [1.82, 2.24) is 0 Å². The van der Waals surface area contributed by atoms with Gasteiger partial charge in [-0.15, -0.1) is 0 Å². The van der Waals surface area contributed by atoms with Gasteiger partial charge in [-0.2, -0.15) is 22.0 Å². The Balaban J connectivity index is 1.60. The molecule has 200 valence electrons. The summed E-state index contributed by atoms with van der Waals surface area (Å²) < 4.78 is 70.9. The molecule has 2 unspecified atom stereocenters. The SMILES string of the molecule is CC(=O)C1CCC([C@H]2C[C@@]3(C)C(CC[C@@]3(O)C(F)(F)C(F)(F)F)C3CCC4=CC(=O)CCC4=C32)CC1. The second kappa shape index (κ2) is 8.47. The third-order valence-corrected chi connectivity index (χ3v) is 10.7. The van der Waals surface area contributed by atoms with Crippen LogP contribution in [0.4, 0.5) is 22.0 Å². The van der Waals surface area contributed by atoms with E-state index in [1.807, 2.05) is 0 Å². The van der Waals surface area contributed by atoms with Crippen molar-refractivity contribution in [2.24, 2.45) is 35.0 Å². The molecule has 3 saturated carbocycles. The highest BCUT2D eigenvalue weighted by molar-refractivity contribution is 5.93. The predicted octanol–water partition coefficient (Wildman–Crippen LogP) is 6.74. The van der Waals surface area contributed by atoms with Gasteiger partial charge in [-0.3, -0.25) is 9.59 Å². The molecular weight excluding hydrogens is 479 g/mol. The first kappa shape index (κ1) is 26.1. The van der Waals surface area contributed by atoms with E-state index in [0.29, 0.717) is 51.4 Å². The molecule has 0 heterocycles. The summed E-state index contributed by atoms with van der Waals surface area (Å²) in [5.41, 5.74) is -1.48. The van der Waals surface area contributed by atoms with Gasteiger partial charge in [-0.25, -0.2) is 0 Å². The van der Waals surface area contributed by atoms with E-state index in [1.165, 1.54) is 6.92 Å². The number of ketones is 2. The molecule has 5 atom stereocenters. The molecular formula is C28H35F5O3. The molecule has 0 amide bonds. The average Bonchev–Trinajstić information content (AvgIpc) is 3.09. The van der Waals surface area contributed by atoms with E-state index in [1.54, 1.807) is 13.0 Å². The Morgan fingerprint density at radius 3 is 2.25 bits per heavy atom. The summed E-state index contributed by atoms with van der Waals surface area (Å²) in [7, 11) is 0. The van der Waals surface area contributed by atoms with Gasteiger partial charge < -0.3 is 5.11 Å². The first-order valence-corrected chi connectivity index (χ1v) is 13.4. The smallest absolute Gasteiger partial charge is 0.383 e. The van der Waals surface area contributed by atoms with E-state index in [4.69, 9.17) is 0 Å². The Morgan fingerprint density at radius 1 is 0.972 bits per heavy atom. The highest BCUT2D eigenvalue weighted by Crippen LogP contribution is 2.70. The van der Waals surface area contributed by atoms with Gasteiger partial charge in [0.05, 0.1) is 0 Å². The van der Waals surface area contributed by atoms with Gasteiger partial charge in [0.15, 0.2) is 5.78 Å². The van der Waals surface area contributed by atoms with Crippen molar-refractivity contribution in [1.29, 1.82) is 0 Å². The molecule has 3 fully saturated rings. The molecule has 5 aliphatic carbocycles. The first-order valence-electron chi connectivity index (χ1n) is 13.4. The fourth-order valence-corrected chi connectivity index (χ4v) is 8.83. The summed E-state index contributed by atoms with van der Waals surface area (Å²) in [5, 5.41) is 11.3. The zero-order valence-electron chi connectivity index (χ0n) is 20.9. The van der Waals surface area contributed by atoms with Gasteiger partial charge >= 0.3 is 12.1 Å². The monoisotopic (exact) mass is 514 g/mol. The third-order valence-electron chi connectivity index (χ3n) is 10.7. The van der Waals surface area contributed by atoms with Crippen molar-refractivity contribution in [3.05, 3.63) is 22.8 Å². The second-order valence-corrected chi connectivity index (χ2v) is 12.2. The van der Waals surface area contributed by atoms with Gasteiger partial charge in [0.25, 0.3) is 0 Å². The van der Waals surface area contributed by atoms with Crippen LogP contribution >= 0.6 is 0 Å². The number of hydrogen-bond donors (Lipinski definition) is 1. The van der Waals surface area contributed by atoms with Crippen LogP contribution in [0.3, 0.4) is 0 Å². The lowest BCUT2D eigenvalue weighted by Crippen LogP contribution is -2.65. The number of hydrogen-bond acceptors (Lipinski definition) is 3. The molecule has 0 bridgehead atoms. The average molecular weight is 515 g/mol. The third kappa shape index (κ3) is 3.59. The number of carbonyl (C=O) groups excluding carboxylic acids is 2. The van der Waals surface area contributed by atoms with Crippen LogP contribution in [-0.2, 0) is 9.59 Å². The molecule has 5 aliphatic rings. The molecule has 0 aromatic heterocycles. The maximum atomic E-state index is 15.0. The van der Waals surface area contributed by atoms with Crippen molar-refractivity contribution < 1.29 is 36.6 Å². The topological polar surface area (TPSA) is 54.4 Å². The van der Waals surface area contributed by atoms with Gasteiger partial charge in [0.1, 0.15) is 11.4 Å². The number of carbonyl (C=O) groups is 2. The van der Waals surface area contributed by atoms with Crippen LogP contribution in [-0.4, -0.2) is 34.4 Å². The van der Waals surface area contributed by atoms with E-state index in [-0.39, 0.29) is 48.1 Å². The Labute approximate surface area is 208 Å². The van der Waals surface area contributed by atoms with Gasteiger partial charge in [-0.1, -0.05) is 12.5 Å². The molecule has 0 radical (unpaired) electrons. The second-order valence-electron chi connectivity index (χ2n) is 12.2. The summed E-state index contributed by atoms with van der Waals surface area (Å²) in [6.45, 7) is 3.04. The summed E-state index contributed by atoms with van der Waals surface area (Å²) in [6.07, 6.45) is 0.475. The summed E-state index contributed by atoms with van der Waals surface area (Å²) in [6, 6.07) is 0. The number of rotatable bonds is 3. The lowest BCUT2D eigenvalue weighted by Gasteiger charge is -2.57. The number of alkyl halides is 5. The minimum absolute atomic E-state index is 0.0336. The van der Waals surface area contributed by atoms with Crippen LogP contribution in [0.1, 0.15) is 84.5 Å². The standard InChI is InChI=1S/C28H35F5O3/c1-15(34)16-3-5-17(6-4-16)22-14-25(2)23(11-12-26(25,36)27(29,30)28(31,32)33)21-9-7-18-13-19(35)8-10-20(18)24(21)22/h13,16-17,21-23,36H,3-12,14H2,1-2H3/t16?,17?,21?,22-,23?,25+,26+/m1/s1. The molecule has 1 N–H and O–H groups in total. The molecule has 0 saturated heterocycles. The summed E-state index contributed by atoms with van der Waals surface area (Å²) in [4.78, 5) is 24.1. The Hall–Kier alpha value is -1.57. The largest absolute Gasteiger partial charge is 0.456 e. The van der Waals surface area contributed by atoms with Crippen molar-refractivity contribution >= 4 is 11.6 Å². The van der Waals surface area contributed by atoms with E-state index in [9.17, 15) is 27.9 Å². The number of allylic oxidation sites excluding steroid dienone is 4. The van der Waals surface area contributed by atoms with Crippen molar-refractivity contribution in [3.8, 4) is 0 Å². The van der Waals surface area contributed by atoms with Crippen LogP contribution in [0.2, 0.25) is 0 Å². The lowest BCUT2D eigenvalue weighted by molar-refractivity contribution is -0.363.